The van der Waals surface area contributed by atoms with Crippen molar-refractivity contribution >= 4 is 86.2 Å². The Morgan fingerprint density at radius 2 is 0.610 bits per heavy atom. The highest BCUT2D eigenvalue weighted by Gasteiger charge is 2.47. The van der Waals surface area contributed by atoms with E-state index in [4.69, 9.17) is 0 Å². The van der Waals surface area contributed by atoms with Crippen molar-refractivity contribution in [1.82, 2.24) is 0 Å². The molecule has 1 aliphatic rings. The summed E-state index contributed by atoms with van der Waals surface area (Å²) in [4.78, 5) is 0. The minimum Gasteiger partial charge on any atom is -0.0654 e. The van der Waals surface area contributed by atoms with Crippen LogP contribution in [0.4, 0.5) is 0 Å². The van der Waals surface area contributed by atoms with Gasteiger partial charge in [0, 0.05) is 0 Å². The lowest BCUT2D eigenvalue weighted by Gasteiger charge is -2.35. The number of rotatable bonds is 14. The largest absolute Gasteiger partial charge is 0.0714 e. The van der Waals surface area contributed by atoms with Crippen LogP contribution in [0.3, 0.4) is 0 Å². The predicted octanol–water partition coefficient (Wildman–Crippen LogP) is 21.7. The lowest BCUT2D eigenvalue weighted by atomic mass is 9.66. The molecule has 1 aliphatic carbocycles. The number of aryl methyl sites for hydroxylation is 2. The molecule has 15 rings (SSSR count). The molecule has 0 spiro atoms. The van der Waals surface area contributed by atoms with Gasteiger partial charge in [0.25, 0.3) is 0 Å². The Bertz CT molecular complexity index is 4170. The predicted molar refractivity (Wildman–Crippen MR) is 333 cm³/mol. The van der Waals surface area contributed by atoms with Crippen LogP contribution < -0.4 is 0 Å². The highest BCUT2D eigenvalue weighted by Crippen LogP contribution is 2.58. The van der Waals surface area contributed by atoms with Gasteiger partial charge in [-0.15, -0.1) is 0 Å². The monoisotopic (exact) mass is 986 g/mol. The molecule has 0 amide bonds. The molecular weight excluding hydrogens is 925 g/mol. The third kappa shape index (κ3) is 7.04. The molecule has 0 bridgehead atoms. The number of hydrogen-bond acceptors (Lipinski definition) is 0. The van der Waals surface area contributed by atoms with Gasteiger partial charge in [0.15, 0.2) is 0 Å². The van der Waals surface area contributed by atoms with Crippen molar-refractivity contribution in [2.45, 2.75) is 83.5 Å². The van der Waals surface area contributed by atoms with E-state index in [1.165, 1.54) is 204 Å². The molecule has 14 aromatic rings. The quantitative estimate of drug-likeness (QED) is 0.0579. The maximum Gasteiger partial charge on any atom is 0.0714 e. The maximum absolute atomic E-state index is 2.59. The van der Waals surface area contributed by atoms with E-state index in [-0.39, 0.29) is 0 Å². The highest BCUT2D eigenvalue weighted by atomic mass is 14.5. The van der Waals surface area contributed by atoms with E-state index in [1.54, 1.807) is 0 Å². The summed E-state index contributed by atoms with van der Waals surface area (Å²) in [5, 5.41) is 21.2. The Labute approximate surface area is 452 Å². The first kappa shape index (κ1) is 46.0. The normalized spacial score (nSPS) is 13.2. The zero-order chi connectivity index (χ0) is 51.2. The summed E-state index contributed by atoms with van der Waals surface area (Å²) in [6.45, 7) is 4.61. The summed E-state index contributed by atoms with van der Waals surface area (Å²) in [5.74, 6) is 0. The molecule has 0 aromatic heterocycles. The minimum atomic E-state index is -0.597. The zero-order valence-electron chi connectivity index (χ0n) is 44.4. The van der Waals surface area contributed by atoms with E-state index >= 15 is 0 Å². The van der Waals surface area contributed by atoms with Crippen LogP contribution in [-0.2, 0) is 18.3 Å². The van der Waals surface area contributed by atoms with Gasteiger partial charge in [0.1, 0.15) is 0 Å². The van der Waals surface area contributed by atoms with Crippen molar-refractivity contribution in [2.24, 2.45) is 0 Å². The molecule has 0 N–H and O–H groups in total. The summed E-state index contributed by atoms with van der Waals surface area (Å²) in [7, 11) is 0. The lowest BCUT2D eigenvalue weighted by Crippen LogP contribution is -2.28. The van der Waals surface area contributed by atoms with Crippen LogP contribution in [0, 0.1) is 0 Å². The molecule has 14 aromatic carbocycles. The molecule has 77 heavy (non-hydrogen) atoms. The number of hydrogen-bond donors (Lipinski definition) is 0. The van der Waals surface area contributed by atoms with Gasteiger partial charge < -0.3 is 0 Å². The molecule has 370 valence electrons. The fourth-order valence-electron chi connectivity index (χ4n) is 14.6. The fourth-order valence-corrected chi connectivity index (χ4v) is 14.6. The van der Waals surface area contributed by atoms with Gasteiger partial charge >= 0.3 is 0 Å². The van der Waals surface area contributed by atoms with Crippen LogP contribution >= 0.6 is 0 Å². The van der Waals surface area contributed by atoms with Gasteiger partial charge in [-0.05, 0) is 191 Å². The fraction of sp³-hybridized carbons (Fsp3) is 0.169. The Morgan fingerprint density at radius 1 is 0.273 bits per heavy atom. The topological polar surface area (TPSA) is 0 Å². The third-order valence-corrected chi connectivity index (χ3v) is 18.2. The molecule has 0 nitrogen and oxygen atoms in total. The number of fused-ring (bicyclic) bond motifs is 7. The van der Waals surface area contributed by atoms with Crippen LogP contribution in [0.1, 0.15) is 98.6 Å². The van der Waals surface area contributed by atoms with Crippen molar-refractivity contribution in [3.63, 3.8) is 0 Å². The highest BCUT2D eigenvalue weighted by molar-refractivity contribution is 6.35. The van der Waals surface area contributed by atoms with Crippen LogP contribution in [0.15, 0.2) is 218 Å². The minimum absolute atomic E-state index is 0.597. The van der Waals surface area contributed by atoms with Gasteiger partial charge in [-0.2, -0.15) is 0 Å². The molecule has 0 heterocycles. The first-order chi connectivity index (χ1) is 38.1. The molecule has 0 heteroatoms. The van der Waals surface area contributed by atoms with E-state index < -0.39 is 5.41 Å². The van der Waals surface area contributed by atoms with Crippen LogP contribution in [0.25, 0.3) is 120 Å². The van der Waals surface area contributed by atoms with E-state index in [2.05, 4.69) is 232 Å². The van der Waals surface area contributed by atoms with Crippen LogP contribution in [-0.4, -0.2) is 0 Å². The Hall–Kier alpha value is -8.32. The Kier molecular flexibility index (Phi) is 11.0. The average Bonchev–Trinajstić information content (AvgIpc) is 3.99. The van der Waals surface area contributed by atoms with Gasteiger partial charge in [0.2, 0.25) is 0 Å². The smallest absolute Gasteiger partial charge is 0.0654 e. The molecule has 0 unspecified atom stereocenters. The van der Waals surface area contributed by atoms with Crippen molar-refractivity contribution in [1.29, 1.82) is 0 Å². The van der Waals surface area contributed by atoms with Crippen molar-refractivity contribution < 1.29 is 0 Å². The lowest BCUT2D eigenvalue weighted by molar-refractivity contribution is 0.666. The van der Waals surface area contributed by atoms with Gasteiger partial charge in [-0.3, -0.25) is 0 Å². The summed E-state index contributed by atoms with van der Waals surface area (Å²) >= 11 is 0. The second-order valence-corrected chi connectivity index (χ2v) is 22.5. The van der Waals surface area contributed by atoms with Crippen molar-refractivity contribution in [3.8, 4) is 33.4 Å². The zero-order valence-corrected chi connectivity index (χ0v) is 44.4. The summed E-state index contributed by atoms with van der Waals surface area (Å²) in [6.07, 6.45) is 12.3. The summed E-state index contributed by atoms with van der Waals surface area (Å²) < 4.78 is 0. The number of unbranched alkanes of at least 4 members (excludes halogenated alkanes) is 6. The van der Waals surface area contributed by atoms with Crippen molar-refractivity contribution in [2.75, 3.05) is 0 Å². The van der Waals surface area contributed by atoms with E-state index in [1.807, 2.05) is 0 Å². The number of benzene rings is 14. The van der Waals surface area contributed by atoms with Crippen molar-refractivity contribution in [3.05, 3.63) is 252 Å². The molecule has 0 radical (unpaired) electrons. The Morgan fingerprint density at radius 3 is 1.00 bits per heavy atom. The van der Waals surface area contributed by atoms with E-state index in [9.17, 15) is 0 Å². The SMILES string of the molecule is CCCCCCc1ccc(C2(c3ccc(CCCCCC)cc3)c3cc(-c4ccc5c6cccc7cccc(c8cccc4c85)c76)ccc3-c3ccc(-c4ccc5c6cccc7cccc(c8cccc4c85)c76)cc32)cc1. The van der Waals surface area contributed by atoms with Crippen LogP contribution in [0.2, 0.25) is 0 Å². The standard InChI is InChI=1S/C77H62/c1-3-5-7-9-17-49-31-37-55(38-32-49)77(56-39-33-50(34-40-56)18-10-8-6-4-2)71-47-53(57-43-45-69-65-25-13-21-51-19-11-23-63(73(51)65)67-29-15-27-61(57)75(67)69)35-41-59(71)60-42-36-54(48-72(60)77)58-44-46-70-66-26-14-22-52-20-12-24-64(74(52)66)68-30-16-28-62(58)76(68)70/h11-16,19-48H,3-10,17-18H2,1-2H3. The average molecular weight is 987 g/mol. The van der Waals surface area contributed by atoms with E-state index in [0.29, 0.717) is 0 Å². The molecule has 0 saturated carbocycles. The molecule has 0 saturated heterocycles. The molecule has 0 atom stereocenters. The maximum atomic E-state index is 2.59. The molecule has 0 fully saturated rings. The van der Waals surface area contributed by atoms with Gasteiger partial charge in [-0.1, -0.05) is 259 Å². The van der Waals surface area contributed by atoms with Crippen LogP contribution in [0.5, 0.6) is 0 Å². The summed E-state index contributed by atoms with van der Waals surface area (Å²) in [5.41, 5.74) is 15.3. The third-order valence-electron chi connectivity index (χ3n) is 18.2. The molecule has 0 aliphatic heterocycles. The van der Waals surface area contributed by atoms with E-state index in [0.717, 1.165) is 12.8 Å². The second-order valence-electron chi connectivity index (χ2n) is 22.5. The second kappa shape index (κ2) is 18.5. The summed E-state index contributed by atoms with van der Waals surface area (Å²) in [6, 6.07) is 85.5. The van der Waals surface area contributed by atoms with Gasteiger partial charge in [0.05, 0.1) is 5.41 Å². The first-order valence-corrected chi connectivity index (χ1v) is 28.8. The molecular formula is C77H62. The van der Waals surface area contributed by atoms with Gasteiger partial charge in [-0.25, -0.2) is 0 Å². The Balaban J connectivity index is 0.972. The first-order valence-electron chi connectivity index (χ1n) is 28.8.